The lowest BCUT2D eigenvalue weighted by Gasteiger charge is -2.28. The molecule has 1 unspecified atom stereocenters. The summed E-state index contributed by atoms with van der Waals surface area (Å²) in [5.41, 5.74) is 1.10. The lowest BCUT2D eigenvalue weighted by Crippen LogP contribution is -2.50. The van der Waals surface area contributed by atoms with Gasteiger partial charge < -0.3 is 15.4 Å². The van der Waals surface area contributed by atoms with Crippen molar-refractivity contribution in [3.8, 4) is 0 Å². The number of nitrogens with one attached hydrogen (secondary N) is 2. The minimum absolute atomic E-state index is 0.0213. The van der Waals surface area contributed by atoms with Gasteiger partial charge in [0.1, 0.15) is 0 Å². The molecule has 1 aliphatic carbocycles. The predicted octanol–water partition coefficient (Wildman–Crippen LogP) is 2.06. The van der Waals surface area contributed by atoms with Crippen LogP contribution < -0.4 is 5.32 Å². The number of H-pyrrole nitrogens is 1. The molecule has 0 radical (unpaired) electrons. The van der Waals surface area contributed by atoms with Gasteiger partial charge in [-0.15, -0.1) is 0 Å². The fourth-order valence-electron chi connectivity index (χ4n) is 2.60. The highest BCUT2D eigenvalue weighted by molar-refractivity contribution is 6.06. The van der Waals surface area contributed by atoms with E-state index in [4.69, 9.17) is 0 Å². The second-order valence-electron chi connectivity index (χ2n) is 5.55. The molecule has 1 atom stereocenters. The Kier molecular flexibility index (Phi) is 2.82. The van der Waals surface area contributed by atoms with E-state index in [0.29, 0.717) is 11.5 Å². The van der Waals surface area contributed by atoms with Crippen molar-refractivity contribution in [3.05, 3.63) is 36.0 Å². The third-order valence-corrected chi connectivity index (χ3v) is 4.05. The minimum Gasteiger partial charge on any atom is -0.394 e. The Hall–Kier alpha value is -1.81. The van der Waals surface area contributed by atoms with Crippen molar-refractivity contribution in [1.82, 2.24) is 10.3 Å². The normalized spacial score (nSPS) is 18.2. The number of carbonyl (C=O) groups is 1. The molecule has 1 saturated carbocycles. The number of aliphatic hydroxyl groups excluding tert-OH is 1. The van der Waals surface area contributed by atoms with Gasteiger partial charge in [-0.2, -0.15) is 0 Å². The number of rotatable bonds is 4. The molecular formula is C15H18N2O2. The van der Waals surface area contributed by atoms with Crippen molar-refractivity contribution >= 4 is 16.8 Å². The molecule has 0 aliphatic heterocycles. The Bertz CT molecular complexity index is 615. The average molecular weight is 258 g/mol. The van der Waals surface area contributed by atoms with Crippen molar-refractivity contribution in [2.24, 2.45) is 5.92 Å². The molecule has 1 aliphatic rings. The Balaban J connectivity index is 1.89. The first-order valence-corrected chi connectivity index (χ1v) is 6.63. The number of benzene rings is 1. The molecule has 1 heterocycles. The van der Waals surface area contributed by atoms with E-state index in [0.717, 1.165) is 23.7 Å². The molecule has 3 N–H and O–H groups in total. The molecule has 3 rings (SSSR count). The van der Waals surface area contributed by atoms with E-state index in [1.54, 1.807) is 0 Å². The van der Waals surface area contributed by atoms with Crippen molar-refractivity contribution in [1.29, 1.82) is 0 Å². The standard InChI is InChI=1S/C15H18N2O2/c1-15(9-18,10-5-6-10)17-14(19)12-3-2-4-13-11(12)7-8-16-13/h2-4,7-8,10,16,18H,5-6,9H2,1H3,(H,17,19). The molecule has 2 aromatic rings. The molecule has 100 valence electrons. The summed E-state index contributed by atoms with van der Waals surface area (Å²) in [5.74, 6) is 0.278. The summed E-state index contributed by atoms with van der Waals surface area (Å²) in [6.07, 6.45) is 3.98. The number of amides is 1. The van der Waals surface area contributed by atoms with Gasteiger partial charge in [0.15, 0.2) is 0 Å². The zero-order chi connectivity index (χ0) is 13.5. The first kappa shape index (κ1) is 12.2. The van der Waals surface area contributed by atoms with Crippen LogP contribution in [0.15, 0.2) is 30.5 Å². The molecule has 1 aromatic carbocycles. The molecule has 1 amide bonds. The number of hydrogen-bond acceptors (Lipinski definition) is 2. The van der Waals surface area contributed by atoms with Gasteiger partial charge in [0.25, 0.3) is 5.91 Å². The van der Waals surface area contributed by atoms with Crippen LogP contribution >= 0.6 is 0 Å². The van der Waals surface area contributed by atoms with E-state index >= 15 is 0 Å². The van der Waals surface area contributed by atoms with Crippen molar-refractivity contribution in [2.45, 2.75) is 25.3 Å². The molecule has 1 fully saturated rings. The quantitative estimate of drug-likeness (QED) is 0.786. The molecule has 4 nitrogen and oxygen atoms in total. The summed E-state index contributed by atoms with van der Waals surface area (Å²) in [7, 11) is 0. The Morgan fingerprint density at radius 2 is 2.26 bits per heavy atom. The van der Waals surface area contributed by atoms with Crippen LogP contribution in [0, 0.1) is 5.92 Å². The van der Waals surface area contributed by atoms with Gasteiger partial charge in [-0.25, -0.2) is 0 Å². The number of carbonyl (C=O) groups excluding carboxylic acids is 1. The second-order valence-corrected chi connectivity index (χ2v) is 5.55. The van der Waals surface area contributed by atoms with Crippen molar-refractivity contribution in [3.63, 3.8) is 0 Å². The SMILES string of the molecule is CC(CO)(NC(=O)c1cccc2[nH]ccc12)C1CC1. The molecule has 0 spiro atoms. The number of fused-ring (bicyclic) bond motifs is 1. The first-order valence-electron chi connectivity index (χ1n) is 6.63. The smallest absolute Gasteiger partial charge is 0.252 e. The maximum Gasteiger partial charge on any atom is 0.252 e. The highest BCUT2D eigenvalue weighted by Gasteiger charge is 2.42. The van der Waals surface area contributed by atoms with Crippen LogP contribution in [0.5, 0.6) is 0 Å². The fourth-order valence-corrected chi connectivity index (χ4v) is 2.60. The largest absolute Gasteiger partial charge is 0.394 e. The number of aromatic nitrogens is 1. The van der Waals surface area contributed by atoms with Gasteiger partial charge in [-0.3, -0.25) is 4.79 Å². The third-order valence-electron chi connectivity index (χ3n) is 4.05. The highest BCUT2D eigenvalue weighted by atomic mass is 16.3. The van der Waals surface area contributed by atoms with E-state index in [1.807, 2.05) is 37.4 Å². The Morgan fingerprint density at radius 1 is 1.47 bits per heavy atom. The van der Waals surface area contributed by atoms with Gasteiger partial charge >= 0.3 is 0 Å². The first-order chi connectivity index (χ1) is 9.14. The lowest BCUT2D eigenvalue weighted by atomic mass is 9.96. The Labute approximate surface area is 111 Å². The maximum atomic E-state index is 12.4. The van der Waals surface area contributed by atoms with Crippen molar-refractivity contribution < 1.29 is 9.90 Å². The van der Waals surface area contributed by atoms with Crippen LogP contribution in [0.1, 0.15) is 30.1 Å². The molecule has 0 saturated heterocycles. The van der Waals surface area contributed by atoms with Gasteiger partial charge in [-0.1, -0.05) is 6.07 Å². The monoisotopic (exact) mass is 258 g/mol. The highest BCUT2D eigenvalue weighted by Crippen LogP contribution is 2.39. The van der Waals surface area contributed by atoms with Gasteiger partial charge in [0, 0.05) is 22.7 Å². The summed E-state index contributed by atoms with van der Waals surface area (Å²) < 4.78 is 0. The van der Waals surface area contributed by atoms with E-state index < -0.39 is 5.54 Å². The van der Waals surface area contributed by atoms with Crippen LogP contribution in [0.2, 0.25) is 0 Å². The van der Waals surface area contributed by atoms with Gasteiger partial charge in [0.2, 0.25) is 0 Å². The number of aromatic amines is 1. The van der Waals surface area contributed by atoms with E-state index in [9.17, 15) is 9.90 Å². The van der Waals surface area contributed by atoms with Crippen molar-refractivity contribution in [2.75, 3.05) is 6.61 Å². The summed E-state index contributed by atoms with van der Waals surface area (Å²) >= 11 is 0. The zero-order valence-electron chi connectivity index (χ0n) is 10.9. The summed E-state index contributed by atoms with van der Waals surface area (Å²) in [6.45, 7) is 1.90. The molecule has 4 heteroatoms. The summed E-state index contributed by atoms with van der Waals surface area (Å²) in [5, 5.41) is 13.5. The van der Waals surface area contributed by atoms with Gasteiger partial charge in [-0.05, 0) is 43.9 Å². The Morgan fingerprint density at radius 3 is 2.95 bits per heavy atom. The van der Waals surface area contributed by atoms with E-state index in [1.165, 1.54) is 0 Å². The second kappa shape index (κ2) is 4.38. The van der Waals surface area contributed by atoms with E-state index in [2.05, 4.69) is 10.3 Å². The van der Waals surface area contributed by atoms with Crippen LogP contribution in [0.25, 0.3) is 10.9 Å². The minimum atomic E-state index is -0.504. The number of aliphatic hydroxyl groups is 1. The molecule has 1 aromatic heterocycles. The van der Waals surface area contributed by atoms with E-state index in [-0.39, 0.29) is 12.5 Å². The topological polar surface area (TPSA) is 65.1 Å². The van der Waals surface area contributed by atoms with Gasteiger partial charge in [0.05, 0.1) is 12.1 Å². The van der Waals surface area contributed by atoms with Crippen LogP contribution in [-0.2, 0) is 0 Å². The lowest BCUT2D eigenvalue weighted by molar-refractivity contribution is 0.0826. The average Bonchev–Trinajstić information content (AvgIpc) is 3.16. The molecule has 19 heavy (non-hydrogen) atoms. The predicted molar refractivity (Wildman–Crippen MR) is 74.0 cm³/mol. The van der Waals surface area contributed by atoms with Crippen LogP contribution in [0.3, 0.4) is 0 Å². The maximum absolute atomic E-state index is 12.4. The fraction of sp³-hybridized carbons (Fsp3) is 0.400. The van der Waals surface area contributed by atoms with Crippen LogP contribution in [-0.4, -0.2) is 28.1 Å². The molecule has 0 bridgehead atoms. The summed E-state index contributed by atoms with van der Waals surface area (Å²) in [4.78, 5) is 15.5. The number of hydrogen-bond donors (Lipinski definition) is 3. The summed E-state index contributed by atoms with van der Waals surface area (Å²) in [6, 6.07) is 7.52. The third kappa shape index (κ3) is 2.12. The molecular weight excluding hydrogens is 240 g/mol. The van der Waals surface area contributed by atoms with Crippen LogP contribution in [0.4, 0.5) is 0 Å². The zero-order valence-corrected chi connectivity index (χ0v) is 10.9.